The van der Waals surface area contributed by atoms with E-state index in [0.29, 0.717) is 5.69 Å². The molecule has 0 spiro atoms. The number of aliphatic imine (C=N–C) groups is 1. The second-order valence-corrected chi connectivity index (χ2v) is 2.73. The third-order valence-electron chi connectivity index (χ3n) is 2.00. The lowest BCUT2D eigenvalue weighted by molar-refractivity contribution is 0.416. The molecule has 0 atom stereocenters. The predicted molar refractivity (Wildman–Crippen MR) is 48.7 cm³/mol. The first-order chi connectivity index (χ1) is 5.83. The average molecular weight is 162 g/mol. The van der Waals surface area contributed by atoms with Gasteiger partial charge in [-0.05, 0) is 11.6 Å². The zero-order valence-electron chi connectivity index (χ0n) is 6.87. The minimum Gasteiger partial charge on any atom is -0.494 e. The molecular weight excluding hydrogens is 152 g/mol. The van der Waals surface area contributed by atoms with Crippen molar-refractivity contribution in [1.82, 2.24) is 0 Å². The molecular formula is C9H10N2O. The highest BCUT2D eigenvalue weighted by atomic mass is 16.5. The van der Waals surface area contributed by atoms with Crippen LogP contribution in [-0.4, -0.2) is 13.3 Å². The van der Waals surface area contributed by atoms with Crippen molar-refractivity contribution in [2.24, 2.45) is 4.99 Å². The van der Waals surface area contributed by atoms with Crippen LogP contribution >= 0.6 is 0 Å². The molecule has 2 N–H and O–H groups in total. The minimum atomic E-state index is 0.671. The summed E-state index contributed by atoms with van der Waals surface area (Å²) in [7, 11) is 1.62. The second-order valence-electron chi connectivity index (χ2n) is 2.73. The first-order valence-electron chi connectivity index (χ1n) is 3.78. The van der Waals surface area contributed by atoms with Crippen molar-refractivity contribution in [1.29, 1.82) is 0 Å². The number of rotatable bonds is 1. The molecule has 1 heterocycles. The van der Waals surface area contributed by atoms with Crippen molar-refractivity contribution in [3.05, 3.63) is 23.3 Å². The summed E-state index contributed by atoms with van der Waals surface area (Å²) in [5.74, 6) is 0.744. The van der Waals surface area contributed by atoms with Gasteiger partial charge in [-0.1, -0.05) is 6.07 Å². The SMILES string of the molecule is COc1c(N)ccc2c1C=NC2. The number of hydrogen-bond acceptors (Lipinski definition) is 3. The van der Waals surface area contributed by atoms with Crippen molar-refractivity contribution in [2.45, 2.75) is 6.54 Å². The number of anilines is 1. The van der Waals surface area contributed by atoms with E-state index >= 15 is 0 Å². The van der Waals surface area contributed by atoms with E-state index in [1.54, 1.807) is 7.11 Å². The minimum absolute atomic E-state index is 0.671. The topological polar surface area (TPSA) is 47.6 Å². The molecule has 1 aromatic rings. The number of ether oxygens (including phenoxy) is 1. The summed E-state index contributed by atoms with van der Waals surface area (Å²) < 4.78 is 5.17. The van der Waals surface area contributed by atoms with Gasteiger partial charge in [-0.25, -0.2) is 0 Å². The maximum absolute atomic E-state index is 5.72. The molecule has 0 aromatic heterocycles. The monoisotopic (exact) mass is 162 g/mol. The van der Waals surface area contributed by atoms with E-state index < -0.39 is 0 Å². The van der Waals surface area contributed by atoms with E-state index in [1.165, 1.54) is 5.56 Å². The molecule has 0 radical (unpaired) electrons. The molecule has 1 aliphatic heterocycles. The van der Waals surface area contributed by atoms with Crippen LogP contribution in [0.3, 0.4) is 0 Å². The summed E-state index contributed by atoms with van der Waals surface area (Å²) in [4.78, 5) is 4.14. The molecule has 0 bridgehead atoms. The second kappa shape index (κ2) is 2.52. The number of benzene rings is 1. The van der Waals surface area contributed by atoms with Crippen LogP contribution in [-0.2, 0) is 6.54 Å². The zero-order valence-corrected chi connectivity index (χ0v) is 6.87. The summed E-state index contributed by atoms with van der Waals surface area (Å²) >= 11 is 0. The lowest BCUT2D eigenvalue weighted by Crippen LogP contribution is -1.97. The van der Waals surface area contributed by atoms with Crippen LogP contribution in [0.1, 0.15) is 11.1 Å². The van der Waals surface area contributed by atoms with Crippen molar-refractivity contribution in [3.8, 4) is 5.75 Å². The summed E-state index contributed by atoms with van der Waals surface area (Å²) in [6.45, 7) is 0.742. The molecule has 0 amide bonds. The molecule has 3 heteroatoms. The summed E-state index contributed by atoms with van der Waals surface area (Å²) in [6.07, 6.45) is 1.81. The lowest BCUT2D eigenvalue weighted by atomic mass is 10.1. The first kappa shape index (κ1) is 7.16. The van der Waals surface area contributed by atoms with Crippen molar-refractivity contribution in [3.63, 3.8) is 0 Å². The summed E-state index contributed by atoms with van der Waals surface area (Å²) in [5.41, 5.74) is 8.60. The van der Waals surface area contributed by atoms with Crippen LogP contribution in [0.5, 0.6) is 5.75 Å². The van der Waals surface area contributed by atoms with E-state index in [0.717, 1.165) is 17.9 Å². The summed E-state index contributed by atoms with van der Waals surface area (Å²) in [5, 5.41) is 0. The molecule has 1 aliphatic rings. The van der Waals surface area contributed by atoms with Gasteiger partial charge in [0, 0.05) is 11.8 Å². The van der Waals surface area contributed by atoms with E-state index in [-0.39, 0.29) is 0 Å². The Bertz CT molecular complexity index is 345. The number of nitrogen functional groups attached to an aromatic ring is 1. The van der Waals surface area contributed by atoms with Gasteiger partial charge in [0.15, 0.2) is 5.75 Å². The number of fused-ring (bicyclic) bond motifs is 1. The third kappa shape index (κ3) is 0.863. The molecule has 3 nitrogen and oxygen atoms in total. The van der Waals surface area contributed by atoms with Crippen LogP contribution in [0.4, 0.5) is 5.69 Å². The average Bonchev–Trinajstić information content (AvgIpc) is 2.52. The Labute approximate surface area is 70.9 Å². The highest BCUT2D eigenvalue weighted by Crippen LogP contribution is 2.30. The van der Waals surface area contributed by atoms with E-state index in [4.69, 9.17) is 10.5 Å². The van der Waals surface area contributed by atoms with Gasteiger partial charge in [0.2, 0.25) is 0 Å². The molecule has 0 fully saturated rings. The van der Waals surface area contributed by atoms with Crippen LogP contribution in [0.25, 0.3) is 0 Å². The quantitative estimate of drug-likeness (QED) is 0.631. The maximum atomic E-state index is 5.72. The van der Waals surface area contributed by atoms with Gasteiger partial charge < -0.3 is 10.5 Å². The highest BCUT2D eigenvalue weighted by Gasteiger charge is 2.13. The van der Waals surface area contributed by atoms with Crippen molar-refractivity contribution < 1.29 is 4.74 Å². The van der Waals surface area contributed by atoms with Gasteiger partial charge in [0.25, 0.3) is 0 Å². The van der Waals surface area contributed by atoms with E-state index in [2.05, 4.69) is 4.99 Å². The van der Waals surface area contributed by atoms with Gasteiger partial charge in [0.1, 0.15) is 0 Å². The molecule has 0 saturated carbocycles. The Hall–Kier alpha value is -1.51. The zero-order chi connectivity index (χ0) is 8.55. The van der Waals surface area contributed by atoms with Crippen LogP contribution in [0.15, 0.2) is 17.1 Å². The molecule has 0 saturated heterocycles. The van der Waals surface area contributed by atoms with Gasteiger partial charge in [-0.2, -0.15) is 0 Å². The van der Waals surface area contributed by atoms with Crippen LogP contribution in [0.2, 0.25) is 0 Å². The first-order valence-corrected chi connectivity index (χ1v) is 3.78. The Morgan fingerprint density at radius 2 is 2.33 bits per heavy atom. The van der Waals surface area contributed by atoms with E-state index in [1.807, 2.05) is 18.3 Å². The fraction of sp³-hybridized carbons (Fsp3) is 0.222. The molecule has 2 rings (SSSR count). The van der Waals surface area contributed by atoms with Gasteiger partial charge in [-0.3, -0.25) is 4.99 Å². The van der Waals surface area contributed by atoms with Gasteiger partial charge in [-0.15, -0.1) is 0 Å². The van der Waals surface area contributed by atoms with Crippen LogP contribution < -0.4 is 10.5 Å². The van der Waals surface area contributed by atoms with Gasteiger partial charge in [0.05, 0.1) is 19.3 Å². The maximum Gasteiger partial charge on any atom is 0.150 e. The van der Waals surface area contributed by atoms with Crippen molar-refractivity contribution in [2.75, 3.05) is 12.8 Å². The standard InChI is InChI=1S/C9H10N2O/c1-12-9-7-5-11-4-6(7)2-3-8(9)10/h2-3,5H,4,10H2,1H3. The highest BCUT2D eigenvalue weighted by molar-refractivity contribution is 5.90. The fourth-order valence-electron chi connectivity index (χ4n) is 1.40. The Balaban J connectivity index is 2.64. The van der Waals surface area contributed by atoms with Gasteiger partial charge >= 0.3 is 0 Å². The van der Waals surface area contributed by atoms with Crippen molar-refractivity contribution >= 4 is 11.9 Å². The van der Waals surface area contributed by atoms with Crippen LogP contribution in [0, 0.1) is 0 Å². The Morgan fingerprint density at radius 3 is 3.08 bits per heavy atom. The third-order valence-corrected chi connectivity index (χ3v) is 2.00. The number of methoxy groups -OCH3 is 1. The normalized spacial score (nSPS) is 13.1. The number of nitrogens with two attached hydrogens (primary N) is 1. The molecule has 62 valence electrons. The Kier molecular flexibility index (Phi) is 1.50. The summed E-state index contributed by atoms with van der Waals surface area (Å²) in [6, 6.07) is 3.84. The lowest BCUT2D eigenvalue weighted by Gasteiger charge is -2.07. The fourth-order valence-corrected chi connectivity index (χ4v) is 1.40. The van der Waals surface area contributed by atoms with E-state index in [9.17, 15) is 0 Å². The molecule has 0 unspecified atom stereocenters. The molecule has 1 aromatic carbocycles. The number of nitrogens with zero attached hydrogens (tertiary/aromatic N) is 1. The Morgan fingerprint density at radius 1 is 1.50 bits per heavy atom. The molecule has 0 aliphatic carbocycles. The molecule has 12 heavy (non-hydrogen) atoms. The smallest absolute Gasteiger partial charge is 0.150 e. The number of hydrogen-bond donors (Lipinski definition) is 1. The predicted octanol–water partition coefficient (Wildman–Crippen LogP) is 1.21. The largest absolute Gasteiger partial charge is 0.494 e.